The number of rotatable bonds is 0. The Balaban J connectivity index is 2.99. The number of hydrogen-bond donors (Lipinski definition) is 1. The second-order valence-electron chi connectivity index (χ2n) is 0.629. The third-order valence-corrected chi connectivity index (χ3v) is 0.287. The molecule has 0 rings (SSSR count). The lowest BCUT2D eigenvalue weighted by atomic mass is 11.1. The van der Waals surface area contributed by atoms with Gasteiger partial charge in [-0.1, -0.05) is 0 Å². The fraction of sp³-hybridized carbons (Fsp3) is 0.500. The zero-order valence-corrected chi connectivity index (χ0v) is 3.26. The van der Waals surface area contributed by atoms with Crippen LogP contribution in [-0.4, -0.2) is 13.1 Å². The Morgan fingerprint density at radius 3 is 2.50 bits per heavy atom. The molecular weight excluding hydrogens is 84.0 g/mol. The summed E-state index contributed by atoms with van der Waals surface area (Å²) in [6.07, 6.45) is -0.852. The number of nitrogens with zero attached hydrogens (tertiary/aromatic N) is 1. The summed E-state index contributed by atoms with van der Waals surface area (Å²) >= 11 is 0. The fourth-order valence-corrected chi connectivity index (χ4v) is 0.0456. The standard InChI is InChI=1S/C2H4N2O2/c1-4-2(5)6-3/h1H3,(H,4,5). The van der Waals surface area contributed by atoms with Gasteiger partial charge in [-0.25, -0.2) is 4.79 Å². The van der Waals surface area contributed by atoms with Crippen molar-refractivity contribution in [2.24, 2.45) is 0 Å². The van der Waals surface area contributed by atoms with Gasteiger partial charge in [-0.05, 0) is 0 Å². The van der Waals surface area contributed by atoms with Crippen molar-refractivity contribution in [2.45, 2.75) is 0 Å². The summed E-state index contributed by atoms with van der Waals surface area (Å²) in [5.74, 6) is 7.42. The minimum Gasteiger partial charge on any atom is -0.323 e. The molecule has 0 saturated carbocycles. The largest absolute Gasteiger partial charge is 0.428 e. The van der Waals surface area contributed by atoms with Crippen LogP contribution in [0.5, 0.6) is 0 Å². The van der Waals surface area contributed by atoms with Crippen LogP contribution in [0, 0.1) is 0 Å². The van der Waals surface area contributed by atoms with Gasteiger partial charge in [0.15, 0.2) is 0 Å². The molecule has 0 spiro atoms. The van der Waals surface area contributed by atoms with Gasteiger partial charge >= 0.3 is 6.09 Å². The van der Waals surface area contributed by atoms with Crippen LogP contribution in [0.2, 0.25) is 0 Å². The van der Waals surface area contributed by atoms with Crippen LogP contribution < -0.4 is 11.2 Å². The Morgan fingerprint density at radius 1 is 2.00 bits per heavy atom. The summed E-state index contributed by atoms with van der Waals surface area (Å²) in [4.78, 5) is 12.7. The number of carbonyl (C=O) groups is 1. The van der Waals surface area contributed by atoms with Crippen LogP contribution in [0.3, 0.4) is 0 Å². The van der Waals surface area contributed by atoms with E-state index in [4.69, 9.17) is 5.90 Å². The molecule has 0 saturated heterocycles. The molecule has 0 aromatic carbocycles. The van der Waals surface area contributed by atoms with Gasteiger partial charge in [-0.2, -0.15) is 0 Å². The van der Waals surface area contributed by atoms with Crippen LogP contribution in [0.15, 0.2) is 0 Å². The normalized spacial score (nSPS) is 7.00. The molecule has 4 nitrogen and oxygen atoms in total. The van der Waals surface area contributed by atoms with E-state index in [1.54, 1.807) is 0 Å². The third-order valence-electron chi connectivity index (χ3n) is 0.287. The molecule has 2 radical (unpaired) electrons. The highest BCUT2D eigenvalue weighted by molar-refractivity contribution is 5.65. The van der Waals surface area contributed by atoms with E-state index in [9.17, 15) is 4.79 Å². The van der Waals surface area contributed by atoms with Crippen molar-refractivity contribution in [3.05, 3.63) is 0 Å². The van der Waals surface area contributed by atoms with Crippen LogP contribution in [0.4, 0.5) is 4.79 Å². The van der Waals surface area contributed by atoms with E-state index in [0.717, 1.165) is 0 Å². The topological polar surface area (TPSA) is 60.6 Å². The smallest absolute Gasteiger partial charge is 0.323 e. The lowest BCUT2D eigenvalue weighted by molar-refractivity contribution is 0.141. The molecule has 0 atom stereocenters. The molecule has 34 valence electrons. The average molecular weight is 88.1 g/mol. The summed E-state index contributed by atoms with van der Waals surface area (Å²) in [6, 6.07) is 0. The van der Waals surface area contributed by atoms with E-state index >= 15 is 0 Å². The molecule has 0 aliphatic heterocycles. The zero-order valence-electron chi connectivity index (χ0n) is 3.26. The van der Waals surface area contributed by atoms with Crippen molar-refractivity contribution in [3.8, 4) is 0 Å². The van der Waals surface area contributed by atoms with Crippen LogP contribution >= 0.6 is 0 Å². The highest BCUT2D eigenvalue weighted by Crippen LogP contribution is 1.60. The minimum atomic E-state index is -0.852. The third kappa shape index (κ3) is 1.54. The van der Waals surface area contributed by atoms with Crippen molar-refractivity contribution in [2.75, 3.05) is 7.05 Å². The first-order valence-corrected chi connectivity index (χ1v) is 1.34. The van der Waals surface area contributed by atoms with Crippen LogP contribution in [-0.2, 0) is 4.84 Å². The maximum absolute atomic E-state index is 9.60. The van der Waals surface area contributed by atoms with E-state index in [-0.39, 0.29) is 0 Å². The predicted molar refractivity (Wildman–Crippen MR) is 17.7 cm³/mol. The Hall–Kier alpha value is -0.770. The van der Waals surface area contributed by atoms with Crippen molar-refractivity contribution < 1.29 is 9.63 Å². The quantitative estimate of drug-likeness (QED) is 0.399. The van der Waals surface area contributed by atoms with E-state index in [1.165, 1.54) is 7.05 Å². The van der Waals surface area contributed by atoms with E-state index < -0.39 is 6.09 Å². The Bertz CT molecular complexity index is 47.5. The van der Waals surface area contributed by atoms with Crippen molar-refractivity contribution in [1.82, 2.24) is 11.2 Å². The number of carbonyl (C=O) groups excluding carboxylic acids is 1. The lowest BCUT2D eigenvalue weighted by Crippen LogP contribution is -2.17. The maximum Gasteiger partial charge on any atom is 0.428 e. The SMILES string of the molecule is CNC(=O)O[N]. The average Bonchev–Trinajstić information content (AvgIpc) is 1.65. The molecular formula is C2H4N2O2. The van der Waals surface area contributed by atoms with Gasteiger partial charge in [0.2, 0.25) is 0 Å². The molecule has 6 heavy (non-hydrogen) atoms. The lowest BCUT2D eigenvalue weighted by Gasteiger charge is -1.85. The monoisotopic (exact) mass is 88.0 g/mol. The molecule has 0 aliphatic carbocycles. The highest BCUT2D eigenvalue weighted by Gasteiger charge is 1.88. The first-order valence-electron chi connectivity index (χ1n) is 1.34. The van der Waals surface area contributed by atoms with Gasteiger partial charge in [0.25, 0.3) is 0 Å². The first-order chi connectivity index (χ1) is 2.81. The van der Waals surface area contributed by atoms with Gasteiger partial charge in [-0.15, -0.1) is 0 Å². The predicted octanol–water partition coefficient (Wildman–Crippen LogP) is -0.674. The van der Waals surface area contributed by atoms with Gasteiger partial charge in [0.05, 0.1) is 0 Å². The van der Waals surface area contributed by atoms with Crippen molar-refractivity contribution in [1.29, 1.82) is 0 Å². The van der Waals surface area contributed by atoms with Gasteiger partial charge in [0, 0.05) is 7.05 Å². The summed E-state index contributed by atoms with van der Waals surface area (Å²) in [5, 5.41) is 2.00. The molecule has 0 bridgehead atoms. The van der Waals surface area contributed by atoms with E-state index in [0.29, 0.717) is 0 Å². The number of nitrogens with one attached hydrogen (secondary N) is 1. The molecule has 0 fully saturated rings. The van der Waals surface area contributed by atoms with Gasteiger partial charge in [0.1, 0.15) is 5.90 Å². The molecule has 4 heteroatoms. The van der Waals surface area contributed by atoms with Gasteiger partial charge in [-0.3, -0.25) is 0 Å². The maximum atomic E-state index is 9.60. The highest BCUT2D eigenvalue weighted by atomic mass is 16.7. The second-order valence-corrected chi connectivity index (χ2v) is 0.629. The summed E-state index contributed by atoms with van der Waals surface area (Å²) in [7, 11) is 1.35. The first kappa shape index (κ1) is 5.23. The van der Waals surface area contributed by atoms with Crippen LogP contribution in [0.25, 0.3) is 0 Å². The zero-order chi connectivity index (χ0) is 4.99. The van der Waals surface area contributed by atoms with E-state index in [2.05, 4.69) is 4.84 Å². The van der Waals surface area contributed by atoms with Crippen molar-refractivity contribution in [3.63, 3.8) is 0 Å². The Kier molecular flexibility index (Phi) is 2.15. The second kappa shape index (κ2) is 2.47. The van der Waals surface area contributed by atoms with Crippen molar-refractivity contribution >= 4 is 6.09 Å². The molecule has 0 unspecified atom stereocenters. The molecule has 1 N–H and O–H groups in total. The summed E-state index contributed by atoms with van der Waals surface area (Å²) in [5.41, 5.74) is 0. The molecule has 0 aromatic rings. The Morgan fingerprint density at radius 2 is 2.50 bits per heavy atom. The molecule has 0 aliphatic rings. The fourth-order valence-electron chi connectivity index (χ4n) is 0.0456. The van der Waals surface area contributed by atoms with Crippen LogP contribution in [0.1, 0.15) is 0 Å². The molecule has 1 amide bonds. The molecule has 0 heterocycles. The summed E-state index contributed by atoms with van der Waals surface area (Å²) in [6.45, 7) is 0. The number of hydrogen-bond acceptors (Lipinski definition) is 2. The van der Waals surface area contributed by atoms with E-state index in [1.807, 2.05) is 5.32 Å². The summed E-state index contributed by atoms with van der Waals surface area (Å²) < 4.78 is 0. The number of amides is 1. The van der Waals surface area contributed by atoms with Gasteiger partial charge < -0.3 is 10.2 Å². The minimum absolute atomic E-state index is 0.852. The molecule has 0 aromatic heterocycles. The Labute approximate surface area is 35.2 Å².